The molecule has 5 heteroatoms. The van der Waals surface area contributed by atoms with Gasteiger partial charge in [-0.2, -0.15) is 5.10 Å². The molecule has 0 radical (unpaired) electrons. The van der Waals surface area contributed by atoms with E-state index < -0.39 is 0 Å². The summed E-state index contributed by atoms with van der Waals surface area (Å²) >= 11 is 5.93. The molecule has 4 nitrogen and oxygen atoms in total. The zero-order valence-electron chi connectivity index (χ0n) is 11.9. The van der Waals surface area contributed by atoms with Gasteiger partial charge in [-0.05, 0) is 32.6 Å². The maximum absolute atomic E-state index is 5.93. The Morgan fingerprint density at radius 2 is 2.11 bits per heavy atom. The first-order valence-corrected chi connectivity index (χ1v) is 7.69. The summed E-state index contributed by atoms with van der Waals surface area (Å²) in [5, 5.41) is 4.59. The lowest BCUT2D eigenvalue weighted by Gasteiger charge is -2.35. The molecule has 19 heavy (non-hydrogen) atoms. The molecule has 2 heterocycles. The maximum Gasteiger partial charge on any atom is 0.159 e. The second kappa shape index (κ2) is 4.82. The summed E-state index contributed by atoms with van der Waals surface area (Å²) in [4.78, 5) is 4.79. The SMILES string of the molecule is CCn1nc(C)c2nc(CCCl)n(C3CC(C)C3)c21. The van der Waals surface area contributed by atoms with Crippen LogP contribution in [0.1, 0.15) is 44.2 Å². The molecule has 2 aromatic heterocycles. The average Bonchev–Trinajstić information content (AvgIpc) is 2.85. The summed E-state index contributed by atoms with van der Waals surface area (Å²) in [6, 6.07) is 0.583. The summed E-state index contributed by atoms with van der Waals surface area (Å²) in [5.41, 5.74) is 3.28. The molecule has 3 rings (SSSR count). The first kappa shape index (κ1) is 13.0. The molecule has 1 saturated carbocycles. The summed E-state index contributed by atoms with van der Waals surface area (Å²) in [6.07, 6.45) is 3.33. The lowest BCUT2D eigenvalue weighted by atomic mass is 9.81. The van der Waals surface area contributed by atoms with E-state index in [1.165, 1.54) is 18.5 Å². The number of imidazole rings is 1. The van der Waals surface area contributed by atoms with Crippen molar-refractivity contribution in [3.05, 3.63) is 11.5 Å². The van der Waals surface area contributed by atoms with Crippen molar-refractivity contribution in [1.29, 1.82) is 0 Å². The van der Waals surface area contributed by atoms with Crippen molar-refractivity contribution in [3.8, 4) is 0 Å². The molecule has 1 aliphatic rings. The van der Waals surface area contributed by atoms with Crippen LogP contribution in [0.15, 0.2) is 0 Å². The summed E-state index contributed by atoms with van der Waals surface area (Å²) in [7, 11) is 0. The molecule has 0 spiro atoms. The lowest BCUT2D eigenvalue weighted by molar-refractivity contribution is 0.215. The zero-order valence-corrected chi connectivity index (χ0v) is 12.6. The molecule has 0 N–H and O–H groups in total. The maximum atomic E-state index is 5.93. The van der Waals surface area contributed by atoms with Crippen molar-refractivity contribution in [2.75, 3.05) is 5.88 Å². The lowest BCUT2D eigenvalue weighted by Crippen LogP contribution is -2.27. The van der Waals surface area contributed by atoms with Crippen molar-refractivity contribution >= 4 is 22.8 Å². The Morgan fingerprint density at radius 3 is 2.68 bits per heavy atom. The Morgan fingerprint density at radius 1 is 1.37 bits per heavy atom. The van der Waals surface area contributed by atoms with E-state index in [0.29, 0.717) is 11.9 Å². The van der Waals surface area contributed by atoms with Crippen molar-refractivity contribution in [2.45, 2.75) is 52.6 Å². The normalized spacial score (nSPS) is 22.9. The van der Waals surface area contributed by atoms with E-state index in [4.69, 9.17) is 16.6 Å². The van der Waals surface area contributed by atoms with Gasteiger partial charge in [0.05, 0.1) is 5.69 Å². The zero-order chi connectivity index (χ0) is 13.6. The molecule has 0 saturated heterocycles. The number of aromatic nitrogens is 4. The van der Waals surface area contributed by atoms with Crippen LogP contribution in [-0.2, 0) is 13.0 Å². The highest BCUT2D eigenvalue weighted by Crippen LogP contribution is 2.40. The number of fused-ring (bicyclic) bond motifs is 1. The van der Waals surface area contributed by atoms with Gasteiger partial charge in [-0.1, -0.05) is 6.92 Å². The standard InChI is InChI=1S/C14H21ClN4/c1-4-18-14-13(10(3)17-18)16-12(5-6-15)19(14)11-7-9(2)8-11/h9,11H,4-8H2,1-3H3. The van der Waals surface area contributed by atoms with Gasteiger partial charge in [0.15, 0.2) is 5.65 Å². The van der Waals surface area contributed by atoms with Crippen LogP contribution in [0.4, 0.5) is 0 Å². The second-order valence-electron chi connectivity index (χ2n) is 5.64. The van der Waals surface area contributed by atoms with E-state index in [-0.39, 0.29) is 0 Å². The van der Waals surface area contributed by atoms with Crippen molar-refractivity contribution < 1.29 is 0 Å². The molecule has 104 valence electrons. The monoisotopic (exact) mass is 280 g/mol. The number of halogens is 1. The Balaban J connectivity index is 2.15. The number of hydrogen-bond donors (Lipinski definition) is 0. The van der Waals surface area contributed by atoms with E-state index in [1.807, 2.05) is 6.92 Å². The minimum Gasteiger partial charge on any atom is -0.310 e. The van der Waals surface area contributed by atoms with Gasteiger partial charge in [-0.15, -0.1) is 11.6 Å². The van der Waals surface area contributed by atoms with Crippen LogP contribution < -0.4 is 0 Å². The van der Waals surface area contributed by atoms with E-state index in [0.717, 1.165) is 35.9 Å². The van der Waals surface area contributed by atoms with Crippen molar-refractivity contribution in [1.82, 2.24) is 19.3 Å². The Bertz CT molecular complexity index is 592. The highest BCUT2D eigenvalue weighted by molar-refractivity contribution is 6.17. The predicted octanol–water partition coefficient (Wildman–Crippen LogP) is 3.31. The van der Waals surface area contributed by atoms with Gasteiger partial charge in [0, 0.05) is 24.9 Å². The van der Waals surface area contributed by atoms with Gasteiger partial charge in [-0.3, -0.25) is 0 Å². The minimum atomic E-state index is 0.583. The molecule has 0 aromatic carbocycles. The first-order valence-electron chi connectivity index (χ1n) is 7.15. The van der Waals surface area contributed by atoms with Crippen LogP contribution in [0, 0.1) is 12.8 Å². The van der Waals surface area contributed by atoms with E-state index in [2.05, 4.69) is 28.2 Å². The van der Waals surface area contributed by atoms with Gasteiger partial charge in [0.2, 0.25) is 0 Å². The molecular formula is C14H21ClN4. The highest BCUT2D eigenvalue weighted by Gasteiger charge is 2.31. The molecule has 1 aliphatic carbocycles. The van der Waals surface area contributed by atoms with Crippen LogP contribution >= 0.6 is 11.6 Å². The Kier molecular flexibility index (Phi) is 3.29. The third-order valence-corrected chi connectivity index (χ3v) is 4.34. The fourth-order valence-electron chi connectivity index (χ4n) is 3.17. The molecule has 0 aliphatic heterocycles. The average molecular weight is 281 g/mol. The van der Waals surface area contributed by atoms with Gasteiger partial charge < -0.3 is 4.57 Å². The van der Waals surface area contributed by atoms with Crippen LogP contribution in [0.2, 0.25) is 0 Å². The smallest absolute Gasteiger partial charge is 0.159 e. The van der Waals surface area contributed by atoms with Gasteiger partial charge in [0.25, 0.3) is 0 Å². The summed E-state index contributed by atoms with van der Waals surface area (Å²) in [6.45, 7) is 7.38. The largest absolute Gasteiger partial charge is 0.310 e. The number of nitrogens with zero attached hydrogens (tertiary/aromatic N) is 4. The third kappa shape index (κ3) is 1.97. The fourth-order valence-corrected chi connectivity index (χ4v) is 3.34. The number of rotatable bonds is 4. The topological polar surface area (TPSA) is 35.6 Å². The molecule has 0 amide bonds. The van der Waals surface area contributed by atoms with Crippen molar-refractivity contribution in [3.63, 3.8) is 0 Å². The van der Waals surface area contributed by atoms with E-state index >= 15 is 0 Å². The van der Waals surface area contributed by atoms with Crippen LogP contribution in [-0.4, -0.2) is 25.2 Å². The highest BCUT2D eigenvalue weighted by atomic mass is 35.5. The van der Waals surface area contributed by atoms with Gasteiger partial charge >= 0.3 is 0 Å². The third-order valence-electron chi connectivity index (χ3n) is 4.15. The van der Waals surface area contributed by atoms with E-state index in [9.17, 15) is 0 Å². The quantitative estimate of drug-likeness (QED) is 0.806. The molecule has 0 unspecified atom stereocenters. The molecule has 0 atom stereocenters. The first-order chi connectivity index (χ1) is 9.15. The van der Waals surface area contributed by atoms with Crippen LogP contribution in [0.5, 0.6) is 0 Å². The Hall–Kier alpha value is -1.03. The Labute approximate surface area is 118 Å². The van der Waals surface area contributed by atoms with Crippen molar-refractivity contribution in [2.24, 2.45) is 5.92 Å². The molecule has 2 aromatic rings. The van der Waals surface area contributed by atoms with Crippen LogP contribution in [0.3, 0.4) is 0 Å². The van der Waals surface area contributed by atoms with E-state index in [1.54, 1.807) is 0 Å². The summed E-state index contributed by atoms with van der Waals surface area (Å²) < 4.78 is 4.49. The fraction of sp³-hybridized carbons (Fsp3) is 0.714. The minimum absolute atomic E-state index is 0.583. The predicted molar refractivity (Wildman–Crippen MR) is 77.8 cm³/mol. The number of hydrogen-bond acceptors (Lipinski definition) is 2. The molecule has 0 bridgehead atoms. The molecular weight excluding hydrogens is 260 g/mol. The molecule has 1 fully saturated rings. The van der Waals surface area contributed by atoms with Gasteiger partial charge in [-0.25, -0.2) is 9.67 Å². The number of alkyl halides is 1. The number of aryl methyl sites for hydroxylation is 3. The summed E-state index contributed by atoms with van der Waals surface area (Å²) in [5.74, 6) is 2.58. The van der Waals surface area contributed by atoms with Crippen LogP contribution in [0.25, 0.3) is 11.2 Å². The van der Waals surface area contributed by atoms with Gasteiger partial charge in [0.1, 0.15) is 11.3 Å². The second-order valence-corrected chi connectivity index (χ2v) is 6.02.